The van der Waals surface area contributed by atoms with Crippen LogP contribution in [0.25, 0.3) is 5.69 Å². The van der Waals surface area contributed by atoms with Crippen molar-refractivity contribution in [2.75, 3.05) is 18.0 Å². The molecule has 6 heteroatoms. The first-order chi connectivity index (χ1) is 9.97. The molecular formula is C15H20N4O2. The van der Waals surface area contributed by atoms with Crippen LogP contribution in [-0.2, 0) is 0 Å². The topological polar surface area (TPSA) is 71.2 Å². The summed E-state index contributed by atoms with van der Waals surface area (Å²) >= 11 is 0. The van der Waals surface area contributed by atoms with Gasteiger partial charge in [0.25, 0.3) is 0 Å². The molecule has 0 spiro atoms. The highest BCUT2D eigenvalue weighted by molar-refractivity contribution is 5.91. The van der Waals surface area contributed by atoms with Gasteiger partial charge in [0, 0.05) is 13.1 Å². The van der Waals surface area contributed by atoms with Crippen LogP contribution in [0.4, 0.5) is 5.82 Å². The molecule has 0 aliphatic heterocycles. The molecule has 0 saturated carbocycles. The Labute approximate surface area is 124 Å². The molecule has 2 rings (SSSR count). The van der Waals surface area contributed by atoms with Crippen LogP contribution in [0.5, 0.6) is 0 Å². The number of aromatic carboxylic acids is 1. The van der Waals surface area contributed by atoms with Crippen molar-refractivity contribution in [3.63, 3.8) is 0 Å². The van der Waals surface area contributed by atoms with Crippen molar-refractivity contribution in [1.82, 2.24) is 15.0 Å². The number of hydrogen-bond acceptors (Lipinski definition) is 4. The van der Waals surface area contributed by atoms with E-state index in [4.69, 9.17) is 0 Å². The zero-order valence-corrected chi connectivity index (χ0v) is 12.8. The molecule has 2 aromatic rings. The second-order valence-corrected chi connectivity index (χ2v) is 4.91. The van der Waals surface area contributed by atoms with E-state index in [1.54, 1.807) is 0 Å². The first-order valence-corrected chi connectivity index (χ1v) is 7.01. The number of carboxylic acid groups (broad SMARTS) is 1. The fraction of sp³-hybridized carbons (Fsp3) is 0.400. The highest BCUT2D eigenvalue weighted by atomic mass is 16.4. The van der Waals surface area contributed by atoms with Crippen LogP contribution in [0.3, 0.4) is 0 Å². The number of aryl methyl sites for hydroxylation is 2. The summed E-state index contributed by atoms with van der Waals surface area (Å²) in [7, 11) is 0. The largest absolute Gasteiger partial charge is 0.476 e. The average Bonchev–Trinajstić information content (AvgIpc) is 2.88. The Morgan fingerprint density at radius 3 is 2.38 bits per heavy atom. The van der Waals surface area contributed by atoms with Crippen LogP contribution in [0.2, 0.25) is 0 Å². The molecule has 0 fully saturated rings. The molecule has 1 heterocycles. The number of nitrogens with zero attached hydrogens (tertiary/aromatic N) is 4. The third-order valence-electron chi connectivity index (χ3n) is 3.58. The smallest absolute Gasteiger partial charge is 0.360 e. The molecule has 0 aliphatic carbocycles. The van der Waals surface area contributed by atoms with Gasteiger partial charge in [0.05, 0.1) is 5.69 Å². The molecule has 112 valence electrons. The van der Waals surface area contributed by atoms with Crippen molar-refractivity contribution in [3.8, 4) is 5.69 Å². The molecule has 0 unspecified atom stereocenters. The quantitative estimate of drug-likeness (QED) is 0.915. The van der Waals surface area contributed by atoms with Crippen molar-refractivity contribution >= 4 is 11.8 Å². The summed E-state index contributed by atoms with van der Waals surface area (Å²) in [5, 5.41) is 17.8. The summed E-state index contributed by atoms with van der Waals surface area (Å²) < 4.78 is 0. The van der Waals surface area contributed by atoms with Crippen molar-refractivity contribution in [1.29, 1.82) is 0 Å². The van der Waals surface area contributed by atoms with Crippen molar-refractivity contribution in [2.45, 2.75) is 27.7 Å². The van der Waals surface area contributed by atoms with E-state index in [1.165, 1.54) is 10.4 Å². The second kappa shape index (κ2) is 5.95. The Kier molecular flexibility index (Phi) is 4.26. The van der Waals surface area contributed by atoms with Crippen LogP contribution in [-0.4, -0.2) is 39.2 Å². The third-order valence-corrected chi connectivity index (χ3v) is 3.58. The van der Waals surface area contributed by atoms with Gasteiger partial charge in [0.1, 0.15) is 0 Å². The molecule has 0 bridgehead atoms. The number of anilines is 1. The fourth-order valence-electron chi connectivity index (χ4n) is 2.14. The minimum absolute atomic E-state index is 0.0167. The normalized spacial score (nSPS) is 10.7. The molecule has 0 radical (unpaired) electrons. The van der Waals surface area contributed by atoms with Crippen LogP contribution in [0.1, 0.15) is 35.5 Å². The number of aromatic nitrogens is 3. The van der Waals surface area contributed by atoms with Gasteiger partial charge in [-0.25, -0.2) is 4.79 Å². The van der Waals surface area contributed by atoms with Gasteiger partial charge in [-0.3, -0.25) is 0 Å². The SMILES string of the molecule is CCN(CC)c1nn(-c2ccc(C)c(C)c2)nc1C(=O)O. The lowest BCUT2D eigenvalue weighted by Crippen LogP contribution is -2.24. The van der Waals surface area contributed by atoms with Crippen LogP contribution < -0.4 is 4.90 Å². The highest BCUT2D eigenvalue weighted by Crippen LogP contribution is 2.19. The summed E-state index contributed by atoms with van der Waals surface area (Å²) in [6.45, 7) is 9.32. The van der Waals surface area contributed by atoms with Gasteiger partial charge in [-0.2, -0.15) is 0 Å². The molecule has 1 aromatic heterocycles. The van der Waals surface area contributed by atoms with E-state index in [9.17, 15) is 9.90 Å². The van der Waals surface area contributed by atoms with Crippen molar-refractivity contribution in [2.24, 2.45) is 0 Å². The van der Waals surface area contributed by atoms with Gasteiger partial charge >= 0.3 is 5.97 Å². The summed E-state index contributed by atoms with van der Waals surface area (Å²) in [6, 6.07) is 5.82. The minimum Gasteiger partial charge on any atom is -0.476 e. The van der Waals surface area contributed by atoms with E-state index in [0.29, 0.717) is 18.9 Å². The van der Waals surface area contributed by atoms with Gasteiger partial charge in [-0.15, -0.1) is 15.0 Å². The predicted octanol–water partition coefficient (Wildman–Crippen LogP) is 2.43. The van der Waals surface area contributed by atoms with Crippen molar-refractivity contribution < 1.29 is 9.90 Å². The van der Waals surface area contributed by atoms with E-state index in [-0.39, 0.29) is 5.69 Å². The van der Waals surface area contributed by atoms with Gasteiger partial charge in [0.2, 0.25) is 5.69 Å². The number of carbonyl (C=O) groups is 1. The summed E-state index contributed by atoms with van der Waals surface area (Å²) in [4.78, 5) is 14.7. The molecule has 1 N–H and O–H groups in total. The first kappa shape index (κ1) is 15.0. The maximum atomic E-state index is 11.4. The van der Waals surface area contributed by atoms with Crippen LogP contribution >= 0.6 is 0 Å². The summed E-state index contributed by atoms with van der Waals surface area (Å²) in [5.74, 6) is -0.655. The Morgan fingerprint density at radius 2 is 1.86 bits per heavy atom. The maximum Gasteiger partial charge on any atom is 0.360 e. The Bertz CT molecular complexity index is 660. The lowest BCUT2D eigenvalue weighted by atomic mass is 10.1. The Hall–Kier alpha value is -2.37. The standard InChI is InChI=1S/C15H20N4O2/c1-5-18(6-2)14-13(15(20)21)16-19(17-14)12-8-7-10(3)11(4)9-12/h7-9H,5-6H2,1-4H3,(H,20,21). The van der Waals surface area contributed by atoms with Crippen LogP contribution in [0.15, 0.2) is 18.2 Å². The zero-order chi connectivity index (χ0) is 15.6. The monoisotopic (exact) mass is 288 g/mol. The van der Waals surface area contributed by atoms with Gasteiger partial charge in [-0.05, 0) is 51.0 Å². The number of carboxylic acids is 1. The highest BCUT2D eigenvalue weighted by Gasteiger charge is 2.22. The molecule has 0 amide bonds. The molecule has 1 aromatic carbocycles. The molecule has 0 atom stereocenters. The molecule has 6 nitrogen and oxygen atoms in total. The molecule has 0 aliphatic rings. The van der Waals surface area contributed by atoms with Crippen molar-refractivity contribution in [3.05, 3.63) is 35.0 Å². The van der Waals surface area contributed by atoms with Crippen LogP contribution in [0, 0.1) is 13.8 Å². The Morgan fingerprint density at radius 1 is 1.19 bits per heavy atom. The predicted molar refractivity (Wildman–Crippen MR) is 81.4 cm³/mol. The summed E-state index contributed by atoms with van der Waals surface area (Å²) in [5.41, 5.74) is 3.04. The summed E-state index contributed by atoms with van der Waals surface area (Å²) in [6.07, 6.45) is 0. The fourth-order valence-corrected chi connectivity index (χ4v) is 2.14. The zero-order valence-electron chi connectivity index (χ0n) is 12.8. The molecule has 21 heavy (non-hydrogen) atoms. The van der Waals surface area contributed by atoms with Gasteiger partial charge in [0.15, 0.2) is 5.82 Å². The van der Waals surface area contributed by atoms with E-state index in [1.807, 2.05) is 50.8 Å². The van der Waals surface area contributed by atoms with Gasteiger partial charge in [-0.1, -0.05) is 6.07 Å². The minimum atomic E-state index is -1.06. The van der Waals surface area contributed by atoms with E-state index in [0.717, 1.165) is 11.3 Å². The Balaban J connectivity index is 2.52. The third kappa shape index (κ3) is 2.89. The number of rotatable bonds is 5. The number of benzene rings is 1. The molecular weight excluding hydrogens is 268 g/mol. The van der Waals surface area contributed by atoms with E-state index < -0.39 is 5.97 Å². The lowest BCUT2D eigenvalue weighted by Gasteiger charge is -2.17. The number of hydrogen-bond donors (Lipinski definition) is 1. The molecule has 0 saturated heterocycles. The van der Waals surface area contributed by atoms with E-state index in [2.05, 4.69) is 10.2 Å². The second-order valence-electron chi connectivity index (χ2n) is 4.91. The first-order valence-electron chi connectivity index (χ1n) is 7.01. The van der Waals surface area contributed by atoms with Gasteiger partial charge < -0.3 is 10.0 Å². The lowest BCUT2D eigenvalue weighted by molar-refractivity contribution is 0.0690. The van der Waals surface area contributed by atoms with E-state index >= 15 is 0 Å². The maximum absolute atomic E-state index is 11.4. The average molecular weight is 288 g/mol.